The third kappa shape index (κ3) is 4.73. The molecule has 0 amide bonds. The highest BCUT2D eigenvalue weighted by molar-refractivity contribution is 5.93. The topological polar surface area (TPSA) is 32.8 Å². The van der Waals surface area contributed by atoms with E-state index in [1.807, 2.05) is 23.1 Å². The zero-order valence-corrected chi connectivity index (χ0v) is 17.2. The number of fused-ring (bicyclic) bond motifs is 1. The quantitative estimate of drug-likeness (QED) is 0.616. The van der Waals surface area contributed by atoms with E-state index in [9.17, 15) is 18.0 Å². The molecule has 30 heavy (non-hydrogen) atoms. The number of ether oxygens (including phenoxy) is 1. The minimum absolute atomic E-state index is 0. The first kappa shape index (κ1) is 22.4. The molecule has 8 heteroatoms. The molecule has 0 spiro atoms. The fraction of sp³-hybridized carbons (Fsp3) is 0.409. The van der Waals surface area contributed by atoms with Crippen molar-refractivity contribution < 1.29 is 22.7 Å². The number of carbonyl (C=O) groups is 1. The second-order valence-corrected chi connectivity index (χ2v) is 7.47. The van der Waals surface area contributed by atoms with Gasteiger partial charge in [0.2, 0.25) is 0 Å². The van der Waals surface area contributed by atoms with Gasteiger partial charge in [-0.15, -0.1) is 12.4 Å². The summed E-state index contributed by atoms with van der Waals surface area (Å²) < 4.78 is 45.2. The summed E-state index contributed by atoms with van der Waals surface area (Å²) in [5, 5.41) is 0. The lowest BCUT2D eigenvalue weighted by Crippen LogP contribution is -2.47. The van der Waals surface area contributed by atoms with Crippen LogP contribution >= 0.6 is 12.4 Å². The molecular formula is C22H24ClF3N2O2. The molecule has 4 rings (SSSR count). The number of anilines is 1. The standard InChI is InChI=1S/C22H23F3N2O2.ClH/c23-22(24,25)18-8-3-4-9-19(18)27-14-12-26(13-15-27)11-5-10-20-16-6-1-2-7-17(16)21(28)29-20;/h1-4,6-9,20H,5,10-15H2;1H. The number of piperazine rings is 1. The molecule has 2 aromatic carbocycles. The zero-order valence-electron chi connectivity index (χ0n) is 16.4. The van der Waals surface area contributed by atoms with Crippen molar-refractivity contribution in [2.24, 2.45) is 0 Å². The number of para-hydroxylation sites is 1. The van der Waals surface area contributed by atoms with E-state index in [1.54, 1.807) is 18.2 Å². The number of nitrogens with zero attached hydrogens (tertiary/aromatic N) is 2. The van der Waals surface area contributed by atoms with Crippen LogP contribution in [0.15, 0.2) is 48.5 Å². The summed E-state index contributed by atoms with van der Waals surface area (Å²) in [5.41, 5.74) is 1.28. The monoisotopic (exact) mass is 440 g/mol. The van der Waals surface area contributed by atoms with Crippen molar-refractivity contribution in [1.29, 1.82) is 0 Å². The van der Waals surface area contributed by atoms with E-state index in [1.165, 1.54) is 6.07 Å². The number of hydrogen-bond acceptors (Lipinski definition) is 4. The van der Waals surface area contributed by atoms with Gasteiger partial charge in [0.05, 0.1) is 11.1 Å². The minimum atomic E-state index is -4.34. The summed E-state index contributed by atoms with van der Waals surface area (Å²) in [4.78, 5) is 16.0. The van der Waals surface area contributed by atoms with Crippen LogP contribution in [0, 0.1) is 0 Å². The van der Waals surface area contributed by atoms with Crippen molar-refractivity contribution in [3.63, 3.8) is 0 Å². The third-order valence-electron chi connectivity index (χ3n) is 5.64. The van der Waals surface area contributed by atoms with Crippen molar-refractivity contribution in [2.75, 3.05) is 37.6 Å². The molecule has 0 N–H and O–H groups in total. The molecule has 0 aliphatic carbocycles. The highest BCUT2D eigenvalue weighted by atomic mass is 35.5. The van der Waals surface area contributed by atoms with Gasteiger partial charge in [0.15, 0.2) is 0 Å². The van der Waals surface area contributed by atoms with E-state index in [0.29, 0.717) is 31.7 Å². The normalized spacial score (nSPS) is 19.2. The zero-order chi connectivity index (χ0) is 20.4. The first-order valence-corrected chi connectivity index (χ1v) is 9.87. The van der Waals surface area contributed by atoms with Gasteiger partial charge in [-0.25, -0.2) is 4.79 Å². The lowest BCUT2D eigenvalue weighted by molar-refractivity contribution is -0.137. The number of alkyl halides is 3. The number of hydrogen-bond donors (Lipinski definition) is 0. The highest BCUT2D eigenvalue weighted by Gasteiger charge is 2.35. The third-order valence-corrected chi connectivity index (χ3v) is 5.64. The van der Waals surface area contributed by atoms with Gasteiger partial charge in [-0.1, -0.05) is 30.3 Å². The number of benzene rings is 2. The van der Waals surface area contributed by atoms with Crippen LogP contribution in [0.2, 0.25) is 0 Å². The number of cyclic esters (lactones) is 1. The molecule has 2 aromatic rings. The Balaban J connectivity index is 0.00000256. The second-order valence-electron chi connectivity index (χ2n) is 7.47. The van der Waals surface area contributed by atoms with Crippen LogP contribution < -0.4 is 4.90 Å². The number of halogens is 4. The van der Waals surface area contributed by atoms with E-state index < -0.39 is 11.7 Å². The van der Waals surface area contributed by atoms with Crippen LogP contribution in [0.1, 0.15) is 40.4 Å². The van der Waals surface area contributed by atoms with Crippen LogP contribution in [-0.4, -0.2) is 43.6 Å². The minimum Gasteiger partial charge on any atom is -0.454 e. The van der Waals surface area contributed by atoms with Crippen molar-refractivity contribution >= 4 is 24.1 Å². The molecule has 0 bridgehead atoms. The Bertz CT molecular complexity index is 883. The van der Waals surface area contributed by atoms with Crippen molar-refractivity contribution in [2.45, 2.75) is 25.1 Å². The second kappa shape index (κ2) is 9.27. The Hall–Kier alpha value is -2.25. The number of carbonyl (C=O) groups excluding carboxylic acids is 1. The van der Waals surface area contributed by atoms with Crippen molar-refractivity contribution in [1.82, 2.24) is 4.90 Å². The maximum Gasteiger partial charge on any atom is 0.418 e. The van der Waals surface area contributed by atoms with Crippen LogP contribution in [-0.2, 0) is 10.9 Å². The Morgan fingerprint density at radius 2 is 1.63 bits per heavy atom. The largest absolute Gasteiger partial charge is 0.454 e. The van der Waals surface area contributed by atoms with Crippen LogP contribution in [0.5, 0.6) is 0 Å². The van der Waals surface area contributed by atoms with Gasteiger partial charge >= 0.3 is 12.1 Å². The van der Waals surface area contributed by atoms with Crippen molar-refractivity contribution in [3.8, 4) is 0 Å². The molecule has 1 fully saturated rings. The van der Waals surface area contributed by atoms with Gasteiger partial charge in [0, 0.05) is 37.4 Å². The lowest BCUT2D eigenvalue weighted by Gasteiger charge is -2.37. The average molecular weight is 441 g/mol. The van der Waals surface area contributed by atoms with Gasteiger partial charge in [0.1, 0.15) is 6.10 Å². The van der Waals surface area contributed by atoms with Gasteiger partial charge < -0.3 is 9.64 Å². The molecule has 2 heterocycles. The smallest absolute Gasteiger partial charge is 0.418 e. The van der Waals surface area contributed by atoms with E-state index >= 15 is 0 Å². The van der Waals surface area contributed by atoms with Crippen molar-refractivity contribution in [3.05, 3.63) is 65.2 Å². The molecular weight excluding hydrogens is 417 g/mol. The molecule has 1 atom stereocenters. The summed E-state index contributed by atoms with van der Waals surface area (Å²) in [7, 11) is 0. The summed E-state index contributed by atoms with van der Waals surface area (Å²) in [6.07, 6.45) is -2.92. The summed E-state index contributed by atoms with van der Waals surface area (Å²) in [5.74, 6) is -0.262. The lowest BCUT2D eigenvalue weighted by atomic mass is 10.0. The first-order chi connectivity index (χ1) is 13.9. The van der Waals surface area contributed by atoms with Crippen LogP contribution in [0.25, 0.3) is 0 Å². The molecule has 4 nitrogen and oxygen atoms in total. The van der Waals surface area contributed by atoms with Crippen LogP contribution in [0.4, 0.5) is 18.9 Å². The van der Waals surface area contributed by atoms with Gasteiger partial charge in [-0.3, -0.25) is 4.90 Å². The molecule has 0 radical (unpaired) electrons. The Morgan fingerprint density at radius 1 is 0.967 bits per heavy atom. The van der Waals surface area contributed by atoms with Gasteiger partial charge in [-0.2, -0.15) is 13.2 Å². The number of rotatable bonds is 5. The van der Waals surface area contributed by atoms with Gasteiger partial charge in [-0.05, 0) is 37.6 Å². The fourth-order valence-electron chi connectivity index (χ4n) is 4.14. The molecule has 0 aromatic heterocycles. The summed E-state index contributed by atoms with van der Waals surface area (Å²) >= 11 is 0. The predicted octanol–water partition coefficient (Wildman–Crippen LogP) is 4.94. The molecule has 0 saturated carbocycles. The maximum atomic E-state index is 13.3. The predicted molar refractivity (Wildman–Crippen MR) is 111 cm³/mol. The average Bonchev–Trinajstić information content (AvgIpc) is 3.04. The fourth-order valence-corrected chi connectivity index (χ4v) is 4.14. The van der Waals surface area contributed by atoms with Gasteiger partial charge in [0.25, 0.3) is 0 Å². The number of esters is 1. The molecule has 2 aliphatic rings. The molecule has 1 unspecified atom stereocenters. The SMILES string of the molecule is Cl.O=C1OC(CCCN2CCN(c3ccccc3C(F)(F)F)CC2)c2ccccc21. The van der Waals surface area contributed by atoms with E-state index in [-0.39, 0.29) is 30.2 Å². The Labute approximate surface area is 180 Å². The van der Waals surface area contributed by atoms with E-state index in [2.05, 4.69) is 4.90 Å². The summed E-state index contributed by atoms with van der Waals surface area (Å²) in [6.45, 7) is 3.40. The molecule has 2 aliphatic heterocycles. The van der Waals surface area contributed by atoms with E-state index in [4.69, 9.17) is 4.74 Å². The van der Waals surface area contributed by atoms with Crippen LogP contribution in [0.3, 0.4) is 0 Å². The molecule has 162 valence electrons. The molecule has 1 saturated heterocycles. The Kier molecular flexibility index (Phi) is 6.93. The van der Waals surface area contributed by atoms with E-state index in [0.717, 1.165) is 31.0 Å². The Morgan fingerprint density at radius 3 is 2.37 bits per heavy atom. The maximum absolute atomic E-state index is 13.3. The highest BCUT2D eigenvalue weighted by Crippen LogP contribution is 2.37. The summed E-state index contributed by atoms with van der Waals surface area (Å²) in [6, 6.07) is 13.2. The first-order valence-electron chi connectivity index (χ1n) is 9.87.